The van der Waals surface area contributed by atoms with Crippen molar-refractivity contribution in [2.45, 2.75) is 13.0 Å². The quantitative estimate of drug-likeness (QED) is 0.717. The van der Waals surface area contributed by atoms with Crippen LogP contribution in [0.5, 0.6) is 0 Å². The molecule has 27 heavy (non-hydrogen) atoms. The zero-order valence-corrected chi connectivity index (χ0v) is 17.1. The second kappa shape index (κ2) is 8.10. The molecule has 2 amide bonds. The lowest BCUT2D eigenvalue weighted by Crippen LogP contribution is -2.35. The highest BCUT2D eigenvalue weighted by Crippen LogP contribution is 2.38. The van der Waals surface area contributed by atoms with Crippen molar-refractivity contribution in [3.05, 3.63) is 50.3 Å². The van der Waals surface area contributed by atoms with Crippen molar-refractivity contribution < 1.29 is 23.9 Å². The average Bonchev–Trinajstić information content (AvgIpc) is 3.03. The van der Waals surface area contributed by atoms with Gasteiger partial charge in [-0.05, 0) is 40.0 Å². The molecule has 1 aromatic heterocycles. The summed E-state index contributed by atoms with van der Waals surface area (Å²) in [5.74, 6) is -0.850. The molecule has 3 rings (SSSR count). The van der Waals surface area contributed by atoms with Crippen molar-refractivity contribution in [1.29, 1.82) is 0 Å². The van der Waals surface area contributed by atoms with E-state index in [-0.39, 0.29) is 5.91 Å². The van der Waals surface area contributed by atoms with Gasteiger partial charge in [0.15, 0.2) is 0 Å². The van der Waals surface area contributed by atoms with Crippen LogP contribution in [0, 0.1) is 0 Å². The van der Waals surface area contributed by atoms with Gasteiger partial charge < -0.3 is 19.7 Å². The Hall–Kier alpha value is -2.39. The summed E-state index contributed by atoms with van der Waals surface area (Å²) in [4.78, 5) is 39.2. The lowest BCUT2D eigenvalue weighted by molar-refractivity contribution is 0.0600. The molecule has 0 fully saturated rings. The Balaban J connectivity index is 1.95. The molecular formula is C18H17BrN2O5S. The minimum Gasteiger partial charge on any atom is -0.465 e. The number of methoxy groups -OCH3 is 2. The molecule has 142 valence electrons. The number of thiophene rings is 1. The maximum atomic E-state index is 12.7. The van der Waals surface area contributed by atoms with Crippen molar-refractivity contribution >= 4 is 50.2 Å². The molecule has 1 aliphatic heterocycles. The molecule has 7 nitrogen and oxygen atoms in total. The van der Waals surface area contributed by atoms with Gasteiger partial charge in [0.1, 0.15) is 5.00 Å². The van der Waals surface area contributed by atoms with Gasteiger partial charge in [-0.3, -0.25) is 4.79 Å². The number of nitrogens with zero attached hydrogens (tertiary/aromatic N) is 1. The molecule has 1 aliphatic rings. The normalized spacial score (nSPS) is 12.9. The molecule has 2 heterocycles. The Morgan fingerprint density at radius 2 is 1.93 bits per heavy atom. The van der Waals surface area contributed by atoms with E-state index in [4.69, 9.17) is 9.47 Å². The van der Waals surface area contributed by atoms with E-state index in [1.807, 2.05) is 6.07 Å². The van der Waals surface area contributed by atoms with Crippen LogP contribution in [0.3, 0.4) is 0 Å². The van der Waals surface area contributed by atoms with Gasteiger partial charge in [0.2, 0.25) is 0 Å². The molecule has 0 unspecified atom stereocenters. The molecule has 0 bridgehead atoms. The molecular weight excluding hydrogens is 436 g/mol. The number of rotatable bonds is 3. The molecule has 0 aliphatic carbocycles. The number of carbonyl (C=O) groups is 3. The molecule has 0 saturated heterocycles. The van der Waals surface area contributed by atoms with E-state index in [1.165, 1.54) is 25.6 Å². The number of hydrogen-bond acceptors (Lipinski definition) is 6. The first-order valence-corrected chi connectivity index (χ1v) is 9.68. The van der Waals surface area contributed by atoms with E-state index in [9.17, 15) is 14.4 Å². The van der Waals surface area contributed by atoms with Gasteiger partial charge in [0, 0.05) is 15.9 Å². The summed E-state index contributed by atoms with van der Waals surface area (Å²) in [5.41, 5.74) is 1.60. The standard InChI is InChI=1S/C18H17BrN2O5S/c1-25-17(23)14-11-7-8-21(18(24)26-2)9-13(11)27-16(14)20-15(22)10-5-3-4-6-12(10)19/h3-6H,7-9H2,1-2H3,(H,20,22). The highest BCUT2D eigenvalue weighted by atomic mass is 79.9. The van der Waals surface area contributed by atoms with Crippen LogP contribution in [0.15, 0.2) is 28.7 Å². The summed E-state index contributed by atoms with van der Waals surface area (Å²) >= 11 is 4.62. The van der Waals surface area contributed by atoms with Gasteiger partial charge >= 0.3 is 12.1 Å². The fourth-order valence-corrected chi connectivity index (χ4v) is 4.62. The van der Waals surface area contributed by atoms with Crippen LogP contribution in [-0.2, 0) is 22.4 Å². The second-order valence-electron chi connectivity index (χ2n) is 5.78. The first-order chi connectivity index (χ1) is 13.0. The van der Waals surface area contributed by atoms with Crippen molar-refractivity contribution in [3.63, 3.8) is 0 Å². The molecule has 2 aromatic rings. The van der Waals surface area contributed by atoms with E-state index < -0.39 is 12.1 Å². The number of esters is 1. The van der Waals surface area contributed by atoms with Gasteiger partial charge in [-0.1, -0.05) is 12.1 Å². The third-order valence-electron chi connectivity index (χ3n) is 4.22. The molecule has 1 N–H and O–H groups in total. The number of fused-ring (bicyclic) bond motifs is 1. The van der Waals surface area contributed by atoms with Gasteiger partial charge in [-0.25, -0.2) is 9.59 Å². The highest BCUT2D eigenvalue weighted by Gasteiger charge is 2.31. The Morgan fingerprint density at radius 1 is 1.19 bits per heavy atom. The van der Waals surface area contributed by atoms with Gasteiger partial charge in [-0.2, -0.15) is 0 Å². The third kappa shape index (κ3) is 3.84. The van der Waals surface area contributed by atoms with Gasteiger partial charge in [0.05, 0.1) is 31.9 Å². The average molecular weight is 453 g/mol. The second-order valence-corrected chi connectivity index (χ2v) is 7.73. The Labute approximate surface area is 168 Å². The van der Waals surface area contributed by atoms with Crippen LogP contribution in [-0.4, -0.2) is 43.6 Å². The lowest BCUT2D eigenvalue weighted by Gasteiger charge is -2.25. The fourth-order valence-electron chi connectivity index (χ4n) is 2.91. The van der Waals surface area contributed by atoms with Crippen molar-refractivity contribution in [3.8, 4) is 0 Å². The largest absolute Gasteiger partial charge is 0.465 e. The number of ether oxygens (including phenoxy) is 2. The van der Waals surface area contributed by atoms with Crippen molar-refractivity contribution in [2.24, 2.45) is 0 Å². The van der Waals surface area contributed by atoms with Gasteiger partial charge in [0.25, 0.3) is 5.91 Å². The minimum absolute atomic E-state index is 0.321. The lowest BCUT2D eigenvalue weighted by atomic mass is 10.0. The Bertz CT molecular complexity index is 911. The smallest absolute Gasteiger partial charge is 0.409 e. The van der Waals surface area contributed by atoms with Crippen LogP contribution in [0.2, 0.25) is 0 Å². The maximum absolute atomic E-state index is 12.7. The number of carbonyl (C=O) groups excluding carboxylic acids is 3. The molecule has 0 atom stereocenters. The summed E-state index contributed by atoms with van der Waals surface area (Å²) in [5, 5.41) is 3.23. The van der Waals surface area contributed by atoms with Crippen LogP contribution < -0.4 is 5.32 Å². The Kier molecular flexibility index (Phi) is 5.81. The SMILES string of the molecule is COC(=O)c1c(NC(=O)c2ccccc2Br)sc2c1CCN(C(=O)OC)C2. The number of nitrogens with one attached hydrogen (secondary N) is 1. The van der Waals surface area contributed by atoms with E-state index in [1.54, 1.807) is 23.1 Å². The first kappa shape index (κ1) is 19.4. The molecule has 0 radical (unpaired) electrons. The topological polar surface area (TPSA) is 84.9 Å². The molecule has 1 aromatic carbocycles. The predicted molar refractivity (Wildman–Crippen MR) is 104 cm³/mol. The van der Waals surface area contributed by atoms with E-state index in [0.29, 0.717) is 40.1 Å². The maximum Gasteiger partial charge on any atom is 0.409 e. The number of amides is 2. The number of hydrogen-bond donors (Lipinski definition) is 1. The molecule has 0 saturated carbocycles. The number of halogens is 1. The predicted octanol–water partition coefficient (Wildman–Crippen LogP) is 3.67. The number of benzene rings is 1. The monoisotopic (exact) mass is 452 g/mol. The third-order valence-corrected chi connectivity index (χ3v) is 6.05. The summed E-state index contributed by atoms with van der Waals surface area (Å²) in [6.45, 7) is 0.750. The first-order valence-electron chi connectivity index (χ1n) is 8.07. The number of anilines is 1. The van der Waals surface area contributed by atoms with E-state index in [2.05, 4.69) is 21.2 Å². The molecule has 9 heteroatoms. The summed E-state index contributed by atoms with van der Waals surface area (Å²) < 4.78 is 10.3. The molecule has 0 spiro atoms. The van der Waals surface area contributed by atoms with Crippen LogP contribution in [0.25, 0.3) is 0 Å². The van der Waals surface area contributed by atoms with Crippen molar-refractivity contribution in [1.82, 2.24) is 4.90 Å². The Morgan fingerprint density at radius 3 is 2.59 bits per heavy atom. The zero-order chi connectivity index (χ0) is 19.6. The minimum atomic E-state index is -0.513. The summed E-state index contributed by atoms with van der Waals surface area (Å²) in [6.07, 6.45) is 0.0588. The summed E-state index contributed by atoms with van der Waals surface area (Å²) in [6, 6.07) is 7.02. The van der Waals surface area contributed by atoms with E-state index >= 15 is 0 Å². The van der Waals surface area contributed by atoms with Crippen LogP contribution >= 0.6 is 27.3 Å². The van der Waals surface area contributed by atoms with Crippen molar-refractivity contribution in [2.75, 3.05) is 26.1 Å². The van der Waals surface area contributed by atoms with Crippen LogP contribution in [0.4, 0.5) is 9.80 Å². The highest BCUT2D eigenvalue weighted by molar-refractivity contribution is 9.10. The fraction of sp³-hybridized carbons (Fsp3) is 0.278. The van der Waals surface area contributed by atoms with Crippen LogP contribution in [0.1, 0.15) is 31.2 Å². The van der Waals surface area contributed by atoms with E-state index in [0.717, 1.165) is 10.4 Å². The summed E-state index contributed by atoms with van der Waals surface area (Å²) in [7, 11) is 2.63. The van der Waals surface area contributed by atoms with Gasteiger partial charge in [-0.15, -0.1) is 11.3 Å². The zero-order valence-electron chi connectivity index (χ0n) is 14.7.